The number of benzene rings is 1. The molecule has 0 radical (unpaired) electrons. The van der Waals surface area contributed by atoms with Gasteiger partial charge in [-0.25, -0.2) is 4.39 Å². The van der Waals surface area contributed by atoms with Crippen LogP contribution in [0.4, 0.5) is 10.1 Å². The lowest BCUT2D eigenvalue weighted by Crippen LogP contribution is -2.07. The lowest BCUT2D eigenvalue weighted by atomic mass is 10.3. The number of hydrogen-bond donors (Lipinski definition) is 1. The van der Waals surface area contributed by atoms with Gasteiger partial charge in [0.1, 0.15) is 18.2 Å². The van der Waals surface area contributed by atoms with Crippen LogP contribution >= 0.6 is 15.9 Å². The Kier molecular flexibility index (Phi) is 4.84. The summed E-state index contributed by atoms with van der Waals surface area (Å²) >= 11 is 3.06. The lowest BCUT2D eigenvalue weighted by Gasteiger charge is -2.09. The molecular weight excluding hydrogens is 265 g/mol. The minimum atomic E-state index is -0.398. The van der Waals surface area contributed by atoms with E-state index in [1.807, 2.05) is 6.92 Å². The second-order valence-corrected chi connectivity index (χ2v) is 3.70. The fourth-order valence-electron chi connectivity index (χ4n) is 1.02. The summed E-state index contributed by atoms with van der Waals surface area (Å²) < 4.78 is 23.8. The van der Waals surface area contributed by atoms with Crippen LogP contribution in [-0.4, -0.2) is 19.8 Å². The normalized spacial score (nSPS) is 10.3. The molecule has 15 heavy (non-hydrogen) atoms. The van der Waals surface area contributed by atoms with Gasteiger partial charge in [0.15, 0.2) is 0 Å². The van der Waals surface area contributed by atoms with Crippen LogP contribution in [0.25, 0.3) is 0 Å². The van der Waals surface area contributed by atoms with Crippen molar-refractivity contribution in [2.45, 2.75) is 6.92 Å². The minimum absolute atomic E-state index is 0.284. The van der Waals surface area contributed by atoms with Gasteiger partial charge in [-0.2, -0.15) is 0 Å². The maximum absolute atomic E-state index is 13.0. The molecule has 1 aromatic rings. The maximum Gasteiger partial charge on any atom is 0.143 e. The summed E-state index contributed by atoms with van der Waals surface area (Å²) in [6.07, 6.45) is 0. The number of anilines is 1. The first-order chi connectivity index (χ1) is 7.15. The fraction of sp³-hybridized carbons (Fsp3) is 0.400. The molecule has 0 aliphatic rings. The van der Waals surface area contributed by atoms with Gasteiger partial charge in [-0.3, -0.25) is 0 Å². The molecule has 0 fully saturated rings. The second-order valence-electron chi connectivity index (χ2n) is 2.85. The molecule has 2 N–H and O–H groups in total. The van der Waals surface area contributed by atoms with Gasteiger partial charge < -0.3 is 15.2 Å². The third kappa shape index (κ3) is 3.68. The van der Waals surface area contributed by atoms with Crippen LogP contribution in [0.3, 0.4) is 0 Å². The summed E-state index contributed by atoms with van der Waals surface area (Å²) in [4.78, 5) is 0. The predicted molar refractivity (Wildman–Crippen MR) is 60.5 cm³/mol. The summed E-state index contributed by atoms with van der Waals surface area (Å²) in [5, 5.41) is 0. The molecule has 0 aromatic heterocycles. The number of halogens is 2. The monoisotopic (exact) mass is 277 g/mol. The summed E-state index contributed by atoms with van der Waals surface area (Å²) in [7, 11) is 0. The Morgan fingerprint density at radius 3 is 2.80 bits per heavy atom. The summed E-state index contributed by atoms with van der Waals surface area (Å²) in [5.41, 5.74) is 5.86. The van der Waals surface area contributed by atoms with Crippen molar-refractivity contribution >= 4 is 21.6 Å². The molecule has 0 heterocycles. The Morgan fingerprint density at radius 1 is 1.40 bits per heavy atom. The first-order valence-corrected chi connectivity index (χ1v) is 5.39. The van der Waals surface area contributed by atoms with Crippen molar-refractivity contribution in [3.8, 4) is 5.75 Å². The summed E-state index contributed by atoms with van der Waals surface area (Å²) in [6.45, 7) is 3.44. The molecule has 0 saturated carbocycles. The van der Waals surface area contributed by atoms with Gasteiger partial charge in [-0.15, -0.1) is 0 Å². The van der Waals surface area contributed by atoms with Crippen molar-refractivity contribution in [1.82, 2.24) is 0 Å². The van der Waals surface area contributed by atoms with E-state index in [-0.39, 0.29) is 5.69 Å². The van der Waals surface area contributed by atoms with E-state index in [9.17, 15) is 4.39 Å². The number of nitrogen functional groups attached to an aromatic ring is 1. The number of ether oxygens (including phenoxy) is 2. The topological polar surface area (TPSA) is 44.5 Å². The highest BCUT2D eigenvalue weighted by molar-refractivity contribution is 9.10. The molecule has 0 saturated heterocycles. The fourth-order valence-corrected chi connectivity index (χ4v) is 1.35. The van der Waals surface area contributed by atoms with Gasteiger partial charge in [0.25, 0.3) is 0 Å². The quantitative estimate of drug-likeness (QED) is 0.665. The van der Waals surface area contributed by atoms with E-state index in [2.05, 4.69) is 15.9 Å². The third-order valence-electron chi connectivity index (χ3n) is 1.74. The van der Waals surface area contributed by atoms with Crippen LogP contribution in [0.5, 0.6) is 5.75 Å². The Balaban J connectivity index is 2.57. The second kappa shape index (κ2) is 5.92. The summed E-state index contributed by atoms with van der Waals surface area (Å²) in [6, 6.07) is 2.73. The standard InChI is InChI=1S/C10H13BrFNO2/c1-2-14-3-4-15-10-5-7(11)8(12)6-9(10)13/h5-6H,2-4,13H2,1H3. The molecule has 1 aromatic carbocycles. The first kappa shape index (κ1) is 12.3. The smallest absolute Gasteiger partial charge is 0.143 e. The van der Waals surface area contributed by atoms with Gasteiger partial charge in [-0.1, -0.05) is 0 Å². The van der Waals surface area contributed by atoms with Crippen LogP contribution in [0, 0.1) is 5.82 Å². The van der Waals surface area contributed by atoms with Crippen LogP contribution < -0.4 is 10.5 Å². The van der Waals surface area contributed by atoms with Gasteiger partial charge >= 0.3 is 0 Å². The molecule has 0 unspecified atom stereocenters. The Morgan fingerprint density at radius 2 is 2.13 bits per heavy atom. The van der Waals surface area contributed by atoms with Crippen molar-refractivity contribution in [1.29, 1.82) is 0 Å². The van der Waals surface area contributed by atoms with Crippen molar-refractivity contribution in [3.63, 3.8) is 0 Å². The number of nitrogens with two attached hydrogens (primary N) is 1. The van der Waals surface area contributed by atoms with Crippen LogP contribution in [0.2, 0.25) is 0 Å². The minimum Gasteiger partial charge on any atom is -0.489 e. The molecule has 84 valence electrons. The van der Waals surface area contributed by atoms with E-state index in [1.165, 1.54) is 12.1 Å². The van der Waals surface area contributed by atoms with Crippen LogP contribution in [0.15, 0.2) is 16.6 Å². The van der Waals surface area contributed by atoms with Crippen molar-refractivity contribution < 1.29 is 13.9 Å². The zero-order valence-corrected chi connectivity index (χ0v) is 10.0. The van der Waals surface area contributed by atoms with E-state index in [0.717, 1.165) is 0 Å². The highest BCUT2D eigenvalue weighted by Gasteiger charge is 2.06. The largest absolute Gasteiger partial charge is 0.489 e. The van der Waals surface area contributed by atoms with E-state index in [0.29, 0.717) is 30.0 Å². The highest BCUT2D eigenvalue weighted by atomic mass is 79.9. The average Bonchev–Trinajstić information content (AvgIpc) is 2.20. The lowest BCUT2D eigenvalue weighted by molar-refractivity contribution is 0.110. The maximum atomic E-state index is 13.0. The van der Waals surface area contributed by atoms with Gasteiger partial charge in [0, 0.05) is 12.7 Å². The molecule has 1 rings (SSSR count). The molecule has 5 heteroatoms. The molecule has 3 nitrogen and oxygen atoms in total. The van der Waals surface area contributed by atoms with Crippen molar-refractivity contribution in [2.75, 3.05) is 25.6 Å². The zero-order chi connectivity index (χ0) is 11.3. The first-order valence-electron chi connectivity index (χ1n) is 4.60. The highest BCUT2D eigenvalue weighted by Crippen LogP contribution is 2.28. The average molecular weight is 278 g/mol. The van der Waals surface area contributed by atoms with E-state index in [1.54, 1.807) is 0 Å². The van der Waals surface area contributed by atoms with E-state index in [4.69, 9.17) is 15.2 Å². The molecule has 0 spiro atoms. The van der Waals surface area contributed by atoms with Crippen LogP contribution in [-0.2, 0) is 4.74 Å². The van der Waals surface area contributed by atoms with Gasteiger partial charge in [0.05, 0.1) is 16.8 Å². The molecule has 0 atom stereocenters. The molecule has 0 bridgehead atoms. The Bertz CT molecular complexity index is 333. The zero-order valence-electron chi connectivity index (χ0n) is 8.43. The third-order valence-corrected chi connectivity index (χ3v) is 2.35. The summed E-state index contributed by atoms with van der Waals surface area (Å²) in [5.74, 6) is 0.0626. The van der Waals surface area contributed by atoms with Crippen molar-refractivity contribution in [2.24, 2.45) is 0 Å². The number of rotatable bonds is 5. The SMILES string of the molecule is CCOCCOc1cc(Br)c(F)cc1N. The van der Waals surface area contributed by atoms with Gasteiger partial charge in [-0.05, 0) is 28.9 Å². The molecular formula is C10H13BrFNO2. The molecule has 0 aliphatic heterocycles. The van der Waals surface area contributed by atoms with Crippen LogP contribution in [0.1, 0.15) is 6.92 Å². The molecule has 0 aliphatic carbocycles. The Labute approximate surface area is 96.5 Å². The van der Waals surface area contributed by atoms with E-state index >= 15 is 0 Å². The Hall–Kier alpha value is -0.810. The number of hydrogen-bond acceptors (Lipinski definition) is 3. The molecule has 0 amide bonds. The predicted octanol–water partition coefficient (Wildman–Crippen LogP) is 2.59. The van der Waals surface area contributed by atoms with E-state index < -0.39 is 5.82 Å². The van der Waals surface area contributed by atoms with Gasteiger partial charge in [0.2, 0.25) is 0 Å². The van der Waals surface area contributed by atoms with Crippen molar-refractivity contribution in [3.05, 3.63) is 22.4 Å².